The van der Waals surface area contributed by atoms with Crippen molar-refractivity contribution in [1.82, 2.24) is 5.32 Å². The summed E-state index contributed by atoms with van der Waals surface area (Å²) in [6.45, 7) is 6.77. The third kappa shape index (κ3) is 6.78. The monoisotopic (exact) mass is 281 g/mol. The third-order valence-electron chi connectivity index (χ3n) is 2.94. The molecule has 114 valence electrons. The van der Waals surface area contributed by atoms with Gasteiger partial charge in [-0.05, 0) is 50.9 Å². The minimum atomic E-state index is 0.326. The highest BCUT2D eigenvalue weighted by Gasteiger charge is 2.01. The summed E-state index contributed by atoms with van der Waals surface area (Å²) in [5.41, 5.74) is 1.17. The summed E-state index contributed by atoms with van der Waals surface area (Å²) in [6, 6.07) is 5.93. The van der Waals surface area contributed by atoms with Crippen molar-refractivity contribution < 1.29 is 14.2 Å². The molecule has 1 N–H and O–H groups in total. The number of nitrogens with one attached hydrogen (secondary N) is 1. The van der Waals surface area contributed by atoms with Crippen molar-refractivity contribution in [3.05, 3.63) is 23.8 Å². The van der Waals surface area contributed by atoms with Crippen LogP contribution in [-0.4, -0.2) is 33.5 Å². The average Bonchev–Trinajstić information content (AvgIpc) is 2.45. The lowest BCUT2D eigenvalue weighted by Gasteiger charge is -2.10. The highest BCUT2D eigenvalue weighted by atomic mass is 16.5. The number of methoxy groups -OCH3 is 2. The van der Waals surface area contributed by atoms with E-state index in [1.807, 2.05) is 18.2 Å². The van der Waals surface area contributed by atoms with Crippen LogP contribution in [-0.2, 0) is 11.3 Å². The van der Waals surface area contributed by atoms with E-state index in [1.165, 1.54) is 5.56 Å². The van der Waals surface area contributed by atoms with Gasteiger partial charge in [-0.1, -0.05) is 0 Å². The minimum Gasteiger partial charge on any atom is -0.497 e. The van der Waals surface area contributed by atoms with Crippen LogP contribution in [0.1, 0.15) is 32.3 Å². The second kappa shape index (κ2) is 9.61. The van der Waals surface area contributed by atoms with Crippen molar-refractivity contribution in [2.45, 2.75) is 39.3 Å². The fourth-order valence-corrected chi connectivity index (χ4v) is 1.87. The molecule has 0 aliphatic heterocycles. The van der Waals surface area contributed by atoms with Gasteiger partial charge in [-0.25, -0.2) is 0 Å². The van der Waals surface area contributed by atoms with E-state index in [9.17, 15) is 0 Å². The number of benzene rings is 1. The number of ether oxygens (including phenoxy) is 3. The molecule has 0 radical (unpaired) electrons. The minimum absolute atomic E-state index is 0.326. The summed E-state index contributed by atoms with van der Waals surface area (Å²) >= 11 is 0. The van der Waals surface area contributed by atoms with Crippen molar-refractivity contribution in [3.63, 3.8) is 0 Å². The van der Waals surface area contributed by atoms with E-state index >= 15 is 0 Å². The van der Waals surface area contributed by atoms with Gasteiger partial charge in [0.05, 0.1) is 20.3 Å². The van der Waals surface area contributed by atoms with Crippen molar-refractivity contribution in [2.24, 2.45) is 0 Å². The molecule has 4 heteroatoms. The largest absolute Gasteiger partial charge is 0.497 e. The first-order valence-electron chi connectivity index (χ1n) is 7.20. The molecular formula is C16H27NO3. The van der Waals surface area contributed by atoms with Gasteiger partial charge in [-0.2, -0.15) is 0 Å². The lowest BCUT2D eigenvalue weighted by atomic mass is 10.2. The van der Waals surface area contributed by atoms with Gasteiger partial charge in [0, 0.05) is 19.2 Å². The maximum Gasteiger partial charge on any atom is 0.122 e. The van der Waals surface area contributed by atoms with Gasteiger partial charge >= 0.3 is 0 Å². The molecule has 4 nitrogen and oxygen atoms in total. The molecule has 0 unspecified atom stereocenters. The number of hydrogen-bond acceptors (Lipinski definition) is 4. The number of hydrogen-bond donors (Lipinski definition) is 1. The van der Waals surface area contributed by atoms with Gasteiger partial charge < -0.3 is 19.5 Å². The van der Waals surface area contributed by atoms with Gasteiger partial charge in [-0.15, -0.1) is 0 Å². The van der Waals surface area contributed by atoms with Crippen LogP contribution in [0.3, 0.4) is 0 Å². The standard InChI is InChI=1S/C16H27NO3/c1-13(2)20-8-6-5-7-17-12-14-9-15(18-3)11-16(10-14)19-4/h9-11,13,17H,5-8,12H2,1-4H3. The van der Waals surface area contributed by atoms with Crippen molar-refractivity contribution >= 4 is 0 Å². The Kier molecular flexibility index (Phi) is 8.07. The Morgan fingerprint density at radius 1 is 1.00 bits per heavy atom. The highest BCUT2D eigenvalue weighted by Crippen LogP contribution is 2.22. The van der Waals surface area contributed by atoms with Crippen LogP contribution in [0.4, 0.5) is 0 Å². The molecule has 0 amide bonds. The second-order valence-electron chi connectivity index (χ2n) is 5.02. The Bertz CT molecular complexity index is 358. The van der Waals surface area contributed by atoms with Crippen LogP contribution in [0.5, 0.6) is 11.5 Å². The van der Waals surface area contributed by atoms with Crippen LogP contribution in [0.2, 0.25) is 0 Å². The maximum absolute atomic E-state index is 5.51. The molecule has 0 aliphatic carbocycles. The van der Waals surface area contributed by atoms with Gasteiger partial charge in [0.25, 0.3) is 0 Å². The Hall–Kier alpha value is -1.26. The molecule has 0 bridgehead atoms. The zero-order valence-electron chi connectivity index (χ0n) is 13.1. The molecule has 0 fully saturated rings. The summed E-state index contributed by atoms with van der Waals surface area (Å²) in [7, 11) is 3.33. The molecule has 1 aromatic carbocycles. The molecule has 0 saturated carbocycles. The van der Waals surface area contributed by atoms with Gasteiger partial charge in [-0.3, -0.25) is 0 Å². The summed E-state index contributed by atoms with van der Waals surface area (Å²) in [6.07, 6.45) is 2.53. The topological polar surface area (TPSA) is 39.7 Å². The van der Waals surface area contributed by atoms with Gasteiger partial charge in [0.1, 0.15) is 11.5 Å². The lowest BCUT2D eigenvalue weighted by molar-refractivity contribution is 0.0760. The van der Waals surface area contributed by atoms with E-state index in [-0.39, 0.29) is 0 Å². The summed E-state index contributed by atoms with van der Waals surface area (Å²) in [5.74, 6) is 1.65. The van der Waals surface area contributed by atoms with Crippen LogP contribution < -0.4 is 14.8 Å². The smallest absolute Gasteiger partial charge is 0.122 e. The fourth-order valence-electron chi connectivity index (χ4n) is 1.87. The van der Waals surface area contributed by atoms with E-state index in [4.69, 9.17) is 14.2 Å². The zero-order chi connectivity index (χ0) is 14.8. The fraction of sp³-hybridized carbons (Fsp3) is 0.625. The molecule has 0 aliphatic rings. The molecule has 0 heterocycles. The number of rotatable bonds is 10. The molecule has 0 aromatic heterocycles. The SMILES string of the molecule is COc1cc(CNCCCCOC(C)C)cc(OC)c1. The molecular weight excluding hydrogens is 254 g/mol. The Morgan fingerprint density at radius 2 is 1.65 bits per heavy atom. The average molecular weight is 281 g/mol. The van der Waals surface area contributed by atoms with Gasteiger partial charge in [0.2, 0.25) is 0 Å². The van der Waals surface area contributed by atoms with Crippen molar-refractivity contribution in [2.75, 3.05) is 27.4 Å². The molecule has 1 aromatic rings. The van der Waals surface area contributed by atoms with E-state index in [1.54, 1.807) is 14.2 Å². The van der Waals surface area contributed by atoms with E-state index < -0.39 is 0 Å². The molecule has 20 heavy (non-hydrogen) atoms. The second-order valence-corrected chi connectivity index (χ2v) is 5.02. The first kappa shape index (κ1) is 16.8. The molecule has 0 atom stereocenters. The first-order chi connectivity index (χ1) is 9.65. The van der Waals surface area contributed by atoms with E-state index in [0.29, 0.717) is 6.10 Å². The lowest BCUT2D eigenvalue weighted by Crippen LogP contribution is -2.15. The third-order valence-corrected chi connectivity index (χ3v) is 2.94. The predicted molar refractivity (Wildman–Crippen MR) is 81.6 cm³/mol. The van der Waals surface area contributed by atoms with Crippen molar-refractivity contribution in [3.8, 4) is 11.5 Å². The van der Waals surface area contributed by atoms with Crippen LogP contribution >= 0.6 is 0 Å². The first-order valence-corrected chi connectivity index (χ1v) is 7.20. The molecule has 1 rings (SSSR count). The quantitative estimate of drug-likeness (QED) is 0.669. The summed E-state index contributed by atoms with van der Waals surface area (Å²) in [5, 5.41) is 3.43. The Morgan fingerprint density at radius 3 is 2.20 bits per heavy atom. The maximum atomic E-state index is 5.51. The Labute approximate surface area is 122 Å². The molecule has 0 spiro atoms. The van der Waals surface area contributed by atoms with Crippen LogP contribution in [0.25, 0.3) is 0 Å². The van der Waals surface area contributed by atoms with E-state index in [2.05, 4.69) is 19.2 Å². The zero-order valence-corrected chi connectivity index (χ0v) is 13.1. The summed E-state index contributed by atoms with van der Waals surface area (Å²) in [4.78, 5) is 0. The van der Waals surface area contributed by atoms with E-state index in [0.717, 1.165) is 44.0 Å². The van der Waals surface area contributed by atoms with Crippen LogP contribution in [0, 0.1) is 0 Å². The molecule has 0 saturated heterocycles. The predicted octanol–water partition coefficient (Wildman–Crippen LogP) is 3.00. The summed E-state index contributed by atoms with van der Waals surface area (Å²) < 4.78 is 16.0. The number of unbranched alkanes of at least 4 members (excludes halogenated alkanes) is 1. The van der Waals surface area contributed by atoms with Crippen molar-refractivity contribution in [1.29, 1.82) is 0 Å². The normalized spacial score (nSPS) is 10.8. The highest BCUT2D eigenvalue weighted by molar-refractivity contribution is 5.38. The van der Waals surface area contributed by atoms with Gasteiger partial charge in [0.15, 0.2) is 0 Å². The van der Waals surface area contributed by atoms with Crippen LogP contribution in [0.15, 0.2) is 18.2 Å². The Balaban J connectivity index is 2.24.